The van der Waals surface area contributed by atoms with Crippen LogP contribution in [0.2, 0.25) is 0 Å². The number of hydrogen-bond donors (Lipinski definition) is 1. The number of hydrogen-bond acceptors (Lipinski definition) is 4. The summed E-state index contributed by atoms with van der Waals surface area (Å²) in [5.74, 6) is 2.97. The minimum Gasteiger partial charge on any atom is -0.326 e. The van der Waals surface area contributed by atoms with E-state index in [1.54, 1.807) is 12.1 Å². The summed E-state index contributed by atoms with van der Waals surface area (Å²) in [5.41, 5.74) is 1.56. The number of tetrazole rings is 1. The Balaban J connectivity index is 2.26. The predicted molar refractivity (Wildman–Crippen MR) is 66.4 cm³/mol. The van der Waals surface area contributed by atoms with Crippen LogP contribution in [0.4, 0.5) is 5.69 Å². The van der Waals surface area contributed by atoms with Crippen molar-refractivity contribution in [1.29, 1.82) is 0 Å². The fourth-order valence-electron chi connectivity index (χ4n) is 1.51. The van der Waals surface area contributed by atoms with Crippen molar-refractivity contribution < 1.29 is 4.79 Å². The first-order valence-electron chi connectivity index (χ1n) is 5.28. The Morgan fingerprint density at radius 3 is 2.78 bits per heavy atom. The molecule has 1 aromatic heterocycles. The van der Waals surface area contributed by atoms with E-state index >= 15 is 0 Å². The van der Waals surface area contributed by atoms with E-state index in [1.165, 1.54) is 11.6 Å². The van der Waals surface area contributed by atoms with Crippen molar-refractivity contribution in [1.82, 2.24) is 20.2 Å². The lowest BCUT2D eigenvalue weighted by Crippen LogP contribution is -2.05. The molecule has 2 rings (SSSR count). The largest absolute Gasteiger partial charge is 0.326 e. The summed E-state index contributed by atoms with van der Waals surface area (Å²) in [6.07, 6.45) is 5.23. The molecule has 0 aliphatic rings. The molecule has 1 aromatic carbocycles. The highest BCUT2D eigenvalue weighted by Gasteiger charge is 2.07. The Kier molecular flexibility index (Phi) is 3.34. The van der Waals surface area contributed by atoms with Gasteiger partial charge in [0.2, 0.25) is 5.91 Å². The molecule has 0 unspecified atom stereocenters. The Morgan fingerprint density at radius 1 is 1.44 bits per heavy atom. The summed E-state index contributed by atoms with van der Waals surface area (Å²) in [6, 6.07) is 7.21. The molecule has 0 radical (unpaired) electrons. The van der Waals surface area contributed by atoms with Crippen LogP contribution in [0.15, 0.2) is 24.3 Å². The van der Waals surface area contributed by atoms with Gasteiger partial charge in [-0.05, 0) is 34.7 Å². The van der Waals surface area contributed by atoms with E-state index in [9.17, 15) is 4.79 Å². The van der Waals surface area contributed by atoms with Gasteiger partial charge in [-0.15, -0.1) is 11.5 Å². The number of aromatic nitrogens is 4. The first kappa shape index (κ1) is 11.8. The second-order valence-electron chi connectivity index (χ2n) is 3.62. The van der Waals surface area contributed by atoms with Crippen molar-refractivity contribution in [3.63, 3.8) is 0 Å². The van der Waals surface area contributed by atoms with Gasteiger partial charge >= 0.3 is 0 Å². The Labute approximate surface area is 104 Å². The second kappa shape index (κ2) is 5.10. The number of carbonyl (C=O) groups excluding carboxylic acids is 1. The fourth-order valence-corrected chi connectivity index (χ4v) is 1.51. The van der Waals surface area contributed by atoms with Gasteiger partial charge in [0.25, 0.3) is 0 Å². The molecule has 1 amide bonds. The molecular weight excluding hydrogens is 230 g/mol. The van der Waals surface area contributed by atoms with Crippen LogP contribution < -0.4 is 5.32 Å². The molecule has 0 spiro atoms. The molecule has 0 atom stereocenters. The summed E-state index contributed by atoms with van der Waals surface area (Å²) in [6.45, 7) is 1.77. The number of nitrogens with zero attached hydrogens (tertiary/aromatic N) is 4. The minimum atomic E-state index is -0.111. The second-order valence-corrected chi connectivity index (χ2v) is 3.62. The van der Waals surface area contributed by atoms with Crippen LogP contribution in [0.1, 0.15) is 6.92 Å². The molecule has 90 valence electrons. The van der Waals surface area contributed by atoms with Gasteiger partial charge in [-0.2, -0.15) is 0 Å². The fraction of sp³-hybridized carbons (Fsp3) is 0.167. The summed E-state index contributed by atoms with van der Waals surface area (Å²) in [4.78, 5) is 10.9. The highest BCUT2D eigenvalue weighted by molar-refractivity contribution is 5.88. The molecule has 18 heavy (non-hydrogen) atoms. The summed E-state index contributed by atoms with van der Waals surface area (Å²) in [7, 11) is 0. The summed E-state index contributed by atoms with van der Waals surface area (Å²) < 4.78 is 1.54. The van der Waals surface area contributed by atoms with Gasteiger partial charge in [-0.25, -0.2) is 4.68 Å². The highest BCUT2D eigenvalue weighted by atomic mass is 16.1. The standard InChI is InChI=1S/C12H11N5O/c1-3-8-17-12(14-15-16-17)10-4-6-11(7-5-10)13-9(2)18/h1,4-7H,8H2,2H3,(H,13,18). The van der Waals surface area contributed by atoms with Gasteiger partial charge in [0.05, 0.1) is 0 Å². The third-order valence-electron chi connectivity index (χ3n) is 2.24. The van der Waals surface area contributed by atoms with Crippen molar-refractivity contribution in [3.05, 3.63) is 24.3 Å². The number of nitrogens with one attached hydrogen (secondary N) is 1. The zero-order valence-corrected chi connectivity index (χ0v) is 9.79. The average Bonchev–Trinajstić information content (AvgIpc) is 2.78. The maximum atomic E-state index is 10.9. The van der Waals surface area contributed by atoms with E-state index < -0.39 is 0 Å². The Morgan fingerprint density at radius 2 is 2.17 bits per heavy atom. The number of anilines is 1. The maximum Gasteiger partial charge on any atom is 0.221 e. The summed E-state index contributed by atoms with van der Waals surface area (Å²) in [5, 5.41) is 14.0. The van der Waals surface area contributed by atoms with Gasteiger partial charge in [0.15, 0.2) is 5.82 Å². The van der Waals surface area contributed by atoms with Crippen molar-refractivity contribution >= 4 is 11.6 Å². The van der Waals surface area contributed by atoms with Gasteiger partial charge in [0, 0.05) is 18.2 Å². The molecule has 0 saturated heterocycles. The number of carbonyl (C=O) groups is 1. The normalized spacial score (nSPS) is 9.78. The van der Waals surface area contributed by atoms with Gasteiger partial charge in [0.1, 0.15) is 6.54 Å². The average molecular weight is 241 g/mol. The topological polar surface area (TPSA) is 72.7 Å². The number of rotatable bonds is 3. The van der Waals surface area contributed by atoms with E-state index in [0.717, 1.165) is 11.3 Å². The minimum absolute atomic E-state index is 0.111. The highest BCUT2D eigenvalue weighted by Crippen LogP contribution is 2.18. The number of benzene rings is 1. The zero-order valence-electron chi connectivity index (χ0n) is 9.79. The van der Waals surface area contributed by atoms with Crippen LogP contribution in [0.3, 0.4) is 0 Å². The lowest BCUT2D eigenvalue weighted by Gasteiger charge is -2.04. The number of amides is 1. The van der Waals surface area contributed by atoms with Crippen molar-refractivity contribution in [3.8, 4) is 23.7 Å². The number of terminal acetylenes is 1. The molecule has 0 fully saturated rings. The van der Waals surface area contributed by atoms with Crippen LogP contribution in [-0.4, -0.2) is 26.1 Å². The molecule has 2 aromatic rings. The van der Waals surface area contributed by atoms with E-state index in [1.807, 2.05) is 12.1 Å². The monoisotopic (exact) mass is 241 g/mol. The molecule has 6 heteroatoms. The van der Waals surface area contributed by atoms with E-state index in [2.05, 4.69) is 26.8 Å². The lowest BCUT2D eigenvalue weighted by molar-refractivity contribution is -0.114. The molecule has 0 aliphatic heterocycles. The van der Waals surface area contributed by atoms with E-state index in [4.69, 9.17) is 6.42 Å². The first-order valence-corrected chi connectivity index (χ1v) is 5.28. The van der Waals surface area contributed by atoms with Crippen molar-refractivity contribution in [2.24, 2.45) is 0 Å². The molecule has 0 bridgehead atoms. The van der Waals surface area contributed by atoms with Crippen LogP contribution >= 0.6 is 0 Å². The third kappa shape index (κ3) is 2.52. The predicted octanol–water partition coefficient (Wildman–Crippen LogP) is 0.932. The van der Waals surface area contributed by atoms with Crippen LogP contribution in [0, 0.1) is 12.3 Å². The third-order valence-corrected chi connectivity index (χ3v) is 2.24. The van der Waals surface area contributed by atoms with E-state index in [-0.39, 0.29) is 5.91 Å². The quantitative estimate of drug-likeness (QED) is 0.811. The molecule has 1 N–H and O–H groups in total. The van der Waals surface area contributed by atoms with Crippen LogP contribution in [-0.2, 0) is 11.3 Å². The van der Waals surface area contributed by atoms with Crippen molar-refractivity contribution in [2.75, 3.05) is 5.32 Å². The Hall–Kier alpha value is -2.68. The van der Waals surface area contributed by atoms with Gasteiger partial charge < -0.3 is 5.32 Å². The zero-order chi connectivity index (χ0) is 13.0. The Bertz CT molecular complexity index is 594. The van der Waals surface area contributed by atoms with Gasteiger partial charge in [-0.1, -0.05) is 5.92 Å². The molecule has 0 saturated carbocycles. The van der Waals surface area contributed by atoms with Crippen LogP contribution in [0.25, 0.3) is 11.4 Å². The maximum absolute atomic E-state index is 10.9. The summed E-state index contributed by atoms with van der Waals surface area (Å²) >= 11 is 0. The SMILES string of the molecule is C#CCn1nnnc1-c1ccc(NC(C)=O)cc1. The molecule has 1 heterocycles. The van der Waals surface area contributed by atoms with Gasteiger partial charge in [-0.3, -0.25) is 4.79 Å². The lowest BCUT2D eigenvalue weighted by atomic mass is 10.2. The molecular formula is C12H11N5O. The van der Waals surface area contributed by atoms with Crippen molar-refractivity contribution in [2.45, 2.75) is 13.5 Å². The van der Waals surface area contributed by atoms with E-state index in [0.29, 0.717) is 12.4 Å². The first-order chi connectivity index (χ1) is 8.70. The smallest absolute Gasteiger partial charge is 0.221 e. The molecule has 6 nitrogen and oxygen atoms in total. The van der Waals surface area contributed by atoms with Crippen LogP contribution in [0.5, 0.6) is 0 Å². The molecule has 0 aliphatic carbocycles.